The number of nitrogens with one attached hydrogen (secondary N) is 1. The zero-order valence-electron chi connectivity index (χ0n) is 13.8. The van der Waals surface area contributed by atoms with Gasteiger partial charge < -0.3 is 5.32 Å². The molecule has 1 aliphatic carbocycles. The molecule has 0 spiro atoms. The van der Waals surface area contributed by atoms with Gasteiger partial charge in [-0.15, -0.1) is 0 Å². The second kappa shape index (κ2) is 7.45. The maximum Gasteiger partial charge on any atom is 0.227 e. The van der Waals surface area contributed by atoms with E-state index in [9.17, 15) is 4.79 Å². The zero-order valence-corrected chi connectivity index (χ0v) is 13.8. The van der Waals surface area contributed by atoms with E-state index in [-0.39, 0.29) is 11.8 Å². The molecular formula is C19H26N2O. The normalized spacial score (nSPS) is 24.8. The van der Waals surface area contributed by atoms with Gasteiger partial charge in [-0.2, -0.15) is 5.26 Å². The lowest BCUT2D eigenvalue weighted by atomic mass is 9.70. The summed E-state index contributed by atoms with van der Waals surface area (Å²) in [4.78, 5) is 12.8. The van der Waals surface area contributed by atoms with Crippen molar-refractivity contribution in [2.75, 3.05) is 5.32 Å². The van der Waals surface area contributed by atoms with Crippen LogP contribution in [-0.2, 0) is 11.2 Å². The molecule has 2 rings (SSSR count). The first-order valence-electron chi connectivity index (χ1n) is 8.28. The quantitative estimate of drug-likeness (QED) is 0.895. The number of benzene rings is 1. The molecule has 1 fully saturated rings. The summed E-state index contributed by atoms with van der Waals surface area (Å²) in [5.41, 5.74) is 1.68. The van der Waals surface area contributed by atoms with Gasteiger partial charge in [0.15, 0.2) is 0 Å². The molecule has 22 heavy (non-hydrogen) atoms. The lowest BCUT2D eigenvalue weighted by molar-refractivity contribution is -0.124. The minimum Gasteiger partial charge on any atom is -0.326 e. The number of nitrogens with zero attached hydrogens (tertiary/aromatic N) is 1. The lowest BCUT2D eigenvalue weighted by Crippen LogP contribution is -2.36. The summed E-state index contributed by atoms with van der Waals surface area (Å²) >= 11 is 0. The van der Waals surface area contributed by atoms with E-state index in [0.717, 1.165) is 24.1 Å². The number of para-hydroxylation sites is 1. The van der Waals surface area contributed by atoms with E-state index in [1.54, 1.807) is 0 Å². The first-order valence-corrected chi connectivity index (χ1v) is 8.28. The first-order chi connectivity index (χ1) is 10.5. The van der Waals surface area contributed by atoms with Gasteiger partial charge in [0.25, 0.3) is 0 Å². The van der Waals surface area contributed by atoms with Gasteiger partial charge in [-0.05, 0) is 42.2 Å². The molecule has 0 bridgehead atoms. The van der Waals surface area contributed by atoms with Crippen LogP contribution in [0.25, 0.3) is 0 Å². The van der Waals surface area contributed by atoms with Gasteiger partial charge >= 0.3 is 0 Å². The summed E-state index contributed by atoms with van der Waals surface area (Å²) in [5, 5.41) is 12.0. The maximum absolute atomic E-state index is 12.8. The molecule has 0 aromatic heterocycles. The van der Waals surface area contributed by atoms with Crippen LogP contribution in [0.5, 0.6) is 0 Å². The Labute approximate surface area is 133 Å². The number of amides is 1. The summed E-state index contributed by atoms with van der Waals surface area (Å²) in [6.07, 6.45) is 3.65. The molecule has 0 saturated heterocycles. The van der Waals surface area contributed by atoms with Crippen molar-refractivity contribution in [1.82, 2.24) is 0 Å². The van der Waals surface area contributed by atoms with Gasteiger partial charge in [-0.25, -0.2) is 0 Å². The van der Waals surface area contributed by atoms with Crippen molar-refractivity contribution in [3.05, 3.63) is 29.8 Å². The van der Waals surface area contributed by atoms with Crippen molar-refractivity contribution in [2.24, 2.45) is 23.7 Å². The van der Waals surface area contributed by atoms with E-state index in [2.05, 4.69) is 32.2 Å². The fraction of sp³-hybridized carbons (Fsp3) is 0.579. The number of carbonyl (C=O) groups excluding carboxylic acids is 1. The molecule has 118 valence electrons. The number of rotatable bonds is 4. The van der Waals surface area contributed by atoms with Gasteiger partial charge in [-0.1, -0.05) is 45.4 Å². The molecule has 0 heterocycles. The maximum atomic E-state index is 12.8. The molecule has 0 radical (unpaired) electrons. The number of carbonyl (C=O) groups is 1. The highest BCUT2D eigenvalue weighted by molar-refractivity contribution is 5.93. The standard InChI is InChI=1S/C19H26N2O/c1-13(2)16-9-8-14(3)12-17(16)19(22)21-18-7-5-4-6-15(18)10-11-20/h4-7,13-14,16-17H,8-10,12H2,1-3H3,(H,21,22). The van der Waals surface area contributed by atoms with Gasteiger partial charge in [0.1, 0.15) is 0 Å². The Morgan fingerprint density at radius 2 is 2.09 bits per heavy atom. The van der Waals surface area contributed by atoms with Crippen molar-refractivity contribution in [3.8, 4) is 6.07 Å². The Kier molecular flexibility index (Phi) is 5.60. The highest BCUT2D eigenvalue weighted by atomic mass is 16.1. The molecule has 3 heteroatoms. The highest BCUT2D eigenvalue weighted by Crippen LogP contribution is 2.38. The zero-order chi connectivity index (χ0) is 16.1. The third-order valence-electron chi connectivity index (χ3n) is 4.90. The van der Waals surface area contributed by atoms with E-state index in [1.807, 2.05) is 24.3 Å². The van der Waals surface area contributed by atoms with E-state index >= 15 is 0 Å². The smallest absolute Gasteiger partial charge is 0.227 e. The van der Waals surface area contributed by atoms with Crippen molar-refractivity contribution in [1.29, 1.82) is 5.26 Å². The van der Waals surface area contributed by atoms with Crippen LogP contribution in [0.15, 0.2) is 24.3 Å². The van der Waals surface area contributed by atoms with Crippen LogP contribution >= 0.6 is 0 Å². The number of hydrogen-bond acceptors (Lipinski definition) is 2. The van der Waals surface area contributed by atoms with Gasteiger partial charge in [0.05, 0.1) is 12.5 Å². The summed E-state index contributed by atoms with van der Waals surface area (Å²) in [7, 11) is 0. The lowest BCUT2D eigenvalue weighted by Gasteiger charge is -2.36. The topological polar surface area (TPSA) is 52.9 Å². The van der Waals surface area contributed by atoms with Crippen LogP contribution in [-0.4, -0.2) is 5.91 Å². The molecule has 1 aromatic carbocycles. The summed E-state index contributed by atoms with van der Waals surface area (Å²) in [6, 6.07) is 9.76. The van der Waals surface area contributed by atoms with Crippen LogP contribution in [0, 0.1) is 35.0 Å². The van der Waals surface area contributed by atoms with Crippen molar-refractivity contribution < 1.29 is 4.79 Å². The number of anilines is 1. The van der Waals surface area contributed by atoms with E-state index < -0.39 is 0 Å². The Bertz CT molecular complexity index is 559. The molecule has 3 nitrogen and oxygen atoms in total. The third-order valence-corrected chi connectivity index (χ3v) is 4.90. The Hall–Kier alpha value is -1.82. The summed E-state index contributed by atoms with van der Waals surface area (Å²) in [6.45, 7) is 6.66. The molecule has 0 aliphatic heterocycles. The van der Waals surface area contributed by atoms with Crippen LogP contribution < -0.4 is 5.32 Å². The fourth-order valence-electron chi connectivity index (χ4n) is 3.61. The van der Waals surface area contributed by atoms with Gasteiger partial charge in [0.2, 0.25) is 5.91 Å². The number of hydrogen-bond donors (Lipinski definition) is 1. The average molecular weight is 298 g/mol. The van der Waals surface area contributed by atoms with Crippen molar-refractivity contribution >= 4 is 11.6 Å². The Morgan fingerprint density at radius 1 is 1.36 bits per heavy atom. The van der Waals surface area contributed by atoms with E-state index in [1.165, 1.54) is 6.42 Å². The SMILES string of the molecule is CC1CCC(C(C)C)C(C(=O)Nc2ccccc2CC#N)C1. The van der Waals surface area contributed by atoms with Gasteiger partial charge in [0, 0.05) is 11.6 Å². The second-order valence-corrected chi connectivity index (χ2v) is 6.91. The minimum absolute atomic E-state index is 0.0823. The predicted molar refractivity (Wildman–Crippen MR) is 89.2 cm³/mol. The monoisotopic (exact) mass is 298 g/mol. The third kappa shape index (κ3) is 3.88. The van der Waals surface area contributed by atoms with Gasteiger partial charge in [-0.3, -0.25) is 4.79 Å². The van der Waals surface area contributed by atoms with Crippen LogP contribution in [0.2, 0.25) is 0 Å². The highest BCUT2D eigenvalue weighted by Gasteiger charge is 2.35. The molecule has 3 unspecified atom stereocenters. The largest absolute Gasteiger partial charge is 0.326 e. The molecule has 1 saturated carbocycles. The van der Waals surface area contributed by atoms with Crippen LogP contribution in [0.1, 0.15) is 45.6 Å². The molecule has 1 aliphatic rings. The Balaban J connectivity index is 2.15. The number of nitriles is 1. The first kappa shape index (κ1) is 16.5. The van der Waals surface area contributed by atoms with Crippen molar-refractivity contribution in [2.45, 2.75) is 46.5 Å². The molecule has 1 amide bonds. The summed E-state index contributed by atoms with van der Waals surface area (Å²) < 4.78 is 0. The summed E-state index contributed by atoms with van der Waals surface area (Å²) in [5.74, 6) is 1.80. The second-order valence-electron chi connectivity index (χ2n) is 6.91. The average Bonchev–Trinajstić information content (AvgIpc) is 2.49. The van der Waals surface area contributed by atoms with Crippen LogP contribution in [0.3, 0.4) is 0 Å². The van der Waals surface area contributed by atoms with E-state index in [0.29, 0.717) is 24.2 Å². The molecular weight excluding hydrogens is 272 g/mol. The van der Waals surface area contributed by atoms with Crippen LogP contribution in [0.4, 0.5) is 5.69 Å². The molecule has 1 N–H and O–H groups in total. The Morgan fingerprint density at radius 3 is 2.77 bits per heavy atom. The fourth-order valence-corrected chi connectivity index (χ4v) is 3.61. The minimum atomic E-state index is 0.0823. The van der Waals surface area contributed by atoms with Crippen molar-refractivity contribution in [3.63, 3.8) is 0 Å². The molecule has 3 atom stereocenters. The predicted octanol–water partition coefficient (Wildman–Crippen LogP) is 4.40. The van der Waals surface area contributed by atoms with E-state index in [4.69, 9.17) is 5.26 Å². The molecule has 1 aromatic rings.